The van der Waals surface area contributed by atoms with E-state index in [0.29, 0.717) is 23.0 Å². The molecule has 0 aliphatic rings. The standard InChI is InChI=1S/C21H21N5O2S/c1-13(2)20-23-11-16-21(27)25(3)18(12-26(16)20)28-15-7-5-14(6-8-15)19-22-10-9-17(24-19)29-4/h5-13H,1-4H3. The lowest BCUT2D eigenvalue weighted by atomic mass is 10.2. The van der Waals surface area contributed by atoms with Crippen molar-refractivity contribution in [3.05, 3.63) is 65.1 Å². The van der Waals surface area contributed by atoms with E-state index in [0.717, 1.165) is 16.4 Å². The van der Waals surface area contributed by atoms with Crippen LogP contribution in [0.2, 0.25) is 0 Å². The summed E-state index contributed by atoms with van der Waals surface area (Å²) >= 11 is 1.57. The van der Waals surface area contributed by atoms with Gasteiger partial charge in [-0.3, -0.25) is 13.8 Å². The Kier molecular flexibility index (Phi) is 5.10. The largest absolute Gasteiger partial charge is 0.439 e. The summed E-state index contributed by atoms with van der Waals surface area (Å²) in [6.45, 7) is 4.08. The molecule has 3 aromatic heterocycles. The zero-order valence-corrected chi connectivity index (χ0v) is 17.5. The third-order valence-corrected chi connectivity index (χ3v) is 5.26. The minimum Gasteiger partial charge on any atom is -0.439 e. The zero-order valence-electron chi connectivity index (χ0n) is 16.7. The van der Waals surface area contributed by atoms with Gasteiger partial charge in [-0.25, -0.2) is 15.0 Å². The second kappa shape index (κ2) is 7.71. The molecule has 4 aromatic rings. The van der Waals surface area contributed by atoms with Gasteiger partial charge in [-0.2, -0.15) is 0 Å². The number of imidazole rings is 1. The molecular weight excluding hydrogens is 386 g/mol. The molecule has 29 heavy (non-hydrogen) atoms. The van der Waals surface area contributed by atoms with Crippen LogP contribution in [0.25, 0.3) is 16.9 Å². The van der Waals surface area contributed by atoms with Crippen molar-refractivity contribution in [1.82, 2.24) is 23.9 Å². The highest BCUT2D eigenvalue weighted by Gasteiger charge is 2.14. The van der Waals surface area contributed by atoms with E-state index in [-0.39, 0.29) is 11.5 Å². The fourth-order valence-corrected chi connectivity index (χ4v) is 3.42. The van der Waals surface area contributed by atoms with Crippen LogP contribution >= 0.6 is 11.8 Å². The Morgan fingerprint density at radius 1 is 1.10 bits per heavy atom. The Labute approximate surface area is 172 Å². The average Bonchev–Trinajstić information content (AvgIpc) is 3.16. The van der Waals surface area contributed by atoms with Crippen molar-refractivity contribution in [3.63, 3.8) is 0 Å². The highest BCUT2D eigenvalue weighted by Crippen LogP contribution is 2.25. The van der Waals surface area contributed by atoms with E-state index < -0.39 is 0 Å². The van der Waals surface area contributed by atoms with Crippen LogP contribution in [0.1, 0.15) is 25.6 Å². The Morgan fingerprint density at radius 3 is 2.55 bits per heavy atom. The van der Waals surface area contributed by atoms with Gasteiger partial charge in [-0.15, -0.1) is 11.8 Å². The first kappa shape index (κ1) is 19.2. The van der Waals surface area contributed by atoms with Gasteiger partial charge in [-0.1, -0.05) is 13.8 Å². The quantitative estimate of drug-likeness (QED) is 0.366. The first-order valence-corrected chi connectivity index (χ1v) is 10.4. The molecule has 0 spiro atoms. The smallest absolute Gasteiger partial charge is 0.279 e. The Morgan fingerprint density at radius 2 is 1.86 bits per heavy atom. The number of thioether (sulfide) groups is 1. The zero-order chi connectivity index (χ0) is 20.5. The van der Waals surface area contributed by atoms with Gasteiger partial charge in [0.05, 0.1) is 17.4 Å². The second-order valence-corrected chi connectivity index (χ2v) is 7.73. The van der Waals surface area contributed by atoms with Gasteiger partial charge >= 0.3 is 0 Å². The summed E-state index contributed by atoms with van der Waals surface area (Å²) < 4.78 is 9.30. The Bertz CT molecular complexity index is 1230. The monoisotopic (exact) mass is 407 g/mol. The number of benzene rings is 1. The van der Waals surface area contributed by atoms with E-state index in [4.69, 9.17) is 4.74 Å². The van der Waals surface area contributed by atoms with Gasteiger partial charge in [0.15, 0.2) is 5.82 Å². The molecule has 0 aliphatic heterocycles. The van der Waals surface area contributed by atoms with Gasteiger partial charge in [0.2, 0.25) is 5.88 Å². The lowest BCUT2D eigenvalue weighted by molar-refractivity contribution is 0.430. The molecule has 0 saturated heterocycles. The van der Waals surface area contributed by atoms with Gasteiger partial charge in [0.1, 0.15) is 17.1 Å². The molecule has 0 bridgehead atoms. The van der Waals surface area contributed by atoms with Crippen molar-refractivity contribution in [2.45, 2.75) is 24.8 Å². The third kappa shape index (κ3) is 3.63. The number of nitrogens with zero attached hydrogens (tertiary/aromatic N) is 5. The number of hydrogen-bond donors (Lipinski definition) is 0. The molecule has 0 atom stereocenters. The predicted molar refractivity (Wildman–Crippen MR) is 114 cm³/mol. The van der Waals surface area contributed by atoms with Crippen molar-refractivity contribution >= 4 is 17.3 Å². The minimum absolute atomic E-state index is 0.152. The van der Waals surface area contributed by atoms with Crippen molar-refractivity contribution in [3.8, 4) is 23.0 Å². The van der Waals surface area contributed by atoms with E-state index in [1.54, 1.807) is 41.8 Å². The lowest BCUT2D eigenvalue weighted by Gasteiger charge is -2.12. The summed E-state index contributed by atoms with van der Waals surface area (Å²) in [7, 11) is 1.69. The summed E-state index contributed by atoms with van der Waals surface area (Å²) in [4.78, 5) is 25.9. The first-order chi connectivity index (χ1) is 14.0. The van der Waals surface area contributed by atoms with Crippen molar-refractivity contribution < 1.29 is 4.74 Å². The average molecular weight is 407 g/mol. The highest BCUT2D eigenvalue weighted by molar-refractivity contribution is 7.98. The number of hydrogen-bond acceptors (Lipinski definition) is 6. The van der Waals surface area contributed by atoms with E-state index in [9.17, 15) is 4.79 Å². The van der Waals surface area contributed by atoms with E-state index >= 15 is 0 Å². The molecule has 8 heteroatoms. The van der Waals surface area contributed by atoms with Crippen LogP contribution in [0.5, 0.6) is 11.6 Å². The van der Waals surface area contributed by atoms with Crippen molar-refractivity contribution in [2.24, 2.45) is 7.05 Å². The third-order valence-electron chi connectivity index (χ3n) is 4.61. The van der Waals surface area contributed by atoms with E-state index in [1.165, 1.54) is 4.57 Å². The Balaban J connectivity index is 1.67. The van der Waals surface area contributed by atoms with E-state index in [1.807, 2.05) is 50.4 Å². The summed E-state index contributed by atoms with van der Waals surface area (Å²) in [5.74, 6) is 2.74. The summed E-state index contributed by atoms with van der Waals surface area (Å²) in [5, 5.41) is 0.917. The summed E-state index contributed by atoms with van der Waals surface area (Å²) in [6, 6.07) is 9.38. The maximum absolute atomic E-state index is 12.7. The molecule has 148 valence electrons. The molecular formula is C21H21N5O2S. The molecule has 3 heterocycles. The molecule has 0 amide bonds. The highest BCUT2D eigenvalue weighted by atomic mass is 32.2. The Hall–Kier alpha value is -3.13. The number of rotatable bonds is 5. The molecule has 0 aliphatic carbocycles. The van der Waals surface area contributed by atoms with Crippen molar-refractivity contribution in [2.75, 3.05) is 6.26 Å². The molecule has 4 rings (SSSR count). The van der Waals surface area contributed by atoms with Crippen LogP contribution in [0.3, 0.4) is 0 Å². The van der Waals surface area contributed by atoms with Crippen LogP contribution in [0.4, 0.5) is 0 Å². The molecule has 7 nitrogen and oxygen atoms in total. The maximum Gasteiger partial charge on any atom is 0.279 e. The first-order valence-electron chi connectivity index (χ1n) is 9.20. The fraction of sp³-hybridized carbons (Fsp3) is 0.238. The molecule has 0 unspecified atom stereocenters. The van der Waals surface area contributed by atoms with E-state index in [2.05, 4.69) is 15.0 Å². The van der Waals surface area contributed by atoms with Gasteiger partial charge in [0.25, 0.3) is 5.56 Å². The minimum atomic E-state index is -0.152. The maximum atomic E-state index is 12.7. The lowest BCUT2D eigenvalue weighted by Crippen LogP contribution is -2.20. The predicted octanol–water partition coefficient (Wildman–Crippen LogP) is 4.13. The van der Waals surface area contributed by atoms with Crippen LogP contribution in [-0.2, 0) is 7.05 Å². The number of ether oxygens (including phenoxy) is 1. The second-order valence-electron chi connectivity index (χ2n) is 6.91. The molecule has 0 saturated carbocycles. The molecule has 0 radical (unpaired) electrons. The molecule has 0 fully saturated rings. The van der Waals surface area contributed by atoms with Crippen molar-refractivity contribution in [1.29, 1.82) is 0 Å². The molecule has 1 aromatic carbocycles. The fourth-order valence-electron chi connectivity index (χ4n) is 3.05. The van der Waals surface area contributed by atoms with Gasteiger partial charge in [-0.05, 0) is 36.6 Å². The van der Waals surface area contributed by atoms with Crippen LogP contribution in [-0.4, -0.2) is 30.2 Å². The number of fused-ring (bicyclic) bond motifs is 1. The van der Waals surface area contributed by atoms with Crippen LogP contribution in [0.15, 0.2) is 58.7 Å². The summed E-state index contributed by atoms with van der Waals surface area (Å²) in [6.07, 6.45) is 7.15. The van der Waals surface area contributed by atoms with Gasteiger partial charge < -0.3 is 4.74 Å². The van der Waals surface area contributed by atoms with Crippen LogP contribution in [0, 0.1) is 0 Å². The molecule has 0 N–H and O–H groups in total. The SMILES string of the molecule is CSc1ccnc(-c2ccc(Oc3cn4c(C(C)C)ncc4c(=O)n3C)cc2)n1. The summed E-state index contributed by atoms with van der Waals surface area (Å²) in [5.41, 5.74) is 1.28. The topological polar surface area (TPSA) is 74.3 Å². The van der Waals surface area contributed by atoms with Crippen LogP contribution < -0.4 is 10.3 Å². The van der Waals surface area contributed by atoms with Gasteiger partial charge in [0, 0.05) is 24.7 Å². The normalized spacial score (nSPS) is 11.3. The number of aromatic nitrogens is 5.